The maximum Gasteiger partial charge on any atom is 0.276 e. The third-order valence-electron chi connectivity index (χ3n) is 3.26. The van der Waals surface area contributed by atoms with Crippen LogP contribution >= 0.6 is 0 Å². The molecule has 0 aromatic heterocycles. The first-order valence-electron chi connectivity index (χ1n) is 6.07. The van der Waals surface area contributed by atoms with Crippen LogP contribution in [0, 0.1) is 10.1 Å². The molecule has 1 atom stereocenters. The first kappa shape index (κ1) is 11.7. The van der Waals surface area contributed by atoms with E-state index in [0.29, 0.717) is 12.1 Å². The minimum absolute atomic E-state index is 0.131. The summed E-state index contributed by atoms with van der Waals surface area (Å²) in [5.74, 6) is 0. The van der Waals surface area contributed by atoms with Crippen molar-refractivity contribution in [3.8, 4) is 0 Å². The van der Waals surface area contributed by atoms with E-state index >= 15 is 0 Å². The van der Waals surface area contributed by atoms with Gasteiger partial charge in [-0.25, -0.2) is 0 Å². The summed E-state index contributed by atoms with van der Waals surface area (Å²) in [6.07, 6.45) is -0.239. The summed E-state index contributed by atoms with van der Waals surface area (Å²) in [6, 6.07) is 14.7. The van der Waals surface area contributed by atoms with Crippen LogP contribution in [0.15, 0.2) is 48.5 Å². The van der Waals surface area contributed by atoms with Crippen molar-refractivity contribution in [2.24, 2.45) is 0 Å². The lowest BCUT2D eigenvalue weighted by Crippen LogP contribution is -2.32. The molecular formula is C14H13N3O2. The fourth-order valence-corrected chi connectivity index (χ4v) is 2.32. The van der Waals surface area contributed by atoms with Gasteiger partial charge in [-0.1, -0.05) is 30.3 Å². The number of anilines is 1. The van der Waals surface area contributed by atoms with Gasteiger partial charge < -0.3 is 5.32 Å². The molecule has 3 rings (SSSR count). The van der Waals surface area contributed by atoms with E-state index in [1.54, 1.807) is 12.1 Å². The standard InChI is InChI=1S/C14H13N3O2/c18-17(19)13-8-4-2-6-11(13)14-15-9-10-5-1-3-7-12(10)16-14/h1-8,14-16H,9H2/t14-/m1/s1. The molecule has 19 heavy (non-hydrogen) atoms. The zero-order valence-electron chi connectivity index (χ0n) is 10.2. The van der Waals surface area contributed by atoms with Crippen LogP contribution in [0.4, 0.5) is 11.4 Å². The number of para-hydroxylation sites is 2. The van der Waals surface area contributed by atoms with Crippen molar-refractivity contribution in [1.29, 1.82) is 0 Å². The molecule has 1 heterocycles. The fraction of sp³-hybridized carbons (Fsp3) is 0.143. The van der Waals surface area contributed by atoms with Crippen molar-refractivity contribution in [2.45, 2.75) is 12.7 Å². The van der Waals surface area contributed by atoms with Gasteiger partial charge in [0, 0.05) is 18.3 Å². The Balaban J connectivity index is 1.95. The smallest absolute Gasteiger partial charge is 0.276 e. The number of hydrogen-bond donors (Lipinski definition) is 2. The minimum atomic E-state index is -0.348. The molecule has 1 aliphatic heterocycles. The number of benzene rings is 2. The van der Waals surface area contributed by atoms with Gasteiger partial charge in [0.15, 0.2) is 0 Å². The summed E-state index contributed by atoms with van der Waals surface area (Å²) < 4.78 is 0. The number of hydrogen-bond acceptors (Lipinski definition) is 4. The molecule has 0 saturated heterocycles. The third-order valence-corrected chi connectivity index (χ3v) is 3.26. The Morgan fingerprint density at radius 1 is 1.11 bits per heavy atom. The quantitative estimate of drug-likeness (QED) is 0.639. The van der Waals surface area contributed by atoms with Crippen LogP contribution in [0.5, 0.6) is 0 Å². The zero-order valence-corrected chi connectivity index (χ0v) is 10.2. The van der Waals surface area contributed by atoms with Crippen LogP contribution in [0.2, 0.25) is 0 Å². The van der Waals surface area contributed by atoms with Gasteiger partial charge in [-0.15, -0.1) is 0 Å². The molecule has 1 aliphatic rings. The van der Waals surface area contributed by atoms with Crippen molar-refractivity contribution >= 4 is 11.4 Å². The molecule has 0 spiro atoms. The van der Waals surface area contributed by atoms with E-state index in [9.17, 15) is 10.1 Å². The van der Waals surface area contributed by atoms with Gasteiger partial charge in [0.2, 0.25) is 0 Å². The van der Waals surface area contributed by atoms with Crippen molar-refractivity contribution in [2.75, 3.05) is 5.32 Å². The average Bonchev–Trinajstić information content (AvgIpc) is 2.46. The summed E-state index contributed by atoms with van der Waals surface area (Å²) in [6.45, 7) is 0.694. The van der Waals surface area contributed by atoms with Crippen molar-refractivity contribution in [3.05, 3.63) is 69.8 Å². The second kappa shape index (κ2) is 4.70. The molecule has 0 fully saturated rings. The molecule has 0 saturated carbocycles. The summed E-state index contributed by atoms with van der Waals surface area (Å²) in [5.41, 5.74) is 2.97. The van der Waals surface area contributed by atoms with E-state index in [-0.39, 0.29) is 16.8 Å². The van der Waals surface area contributed by atoms with Crippen molar-refractivity contribution in [3.63, 3.8) is 0 Å². The summed E-state index contributed by atoms with van der Waals surface area (Å²) >= 11 is 0. The van der Waals surface area contributed by atoms with Gasteiger partial charge in [0.25, 0.3) is 5.69 Å². The predicted molar refractivity (Wildman–Crippen MR) is 72.7 cm³/mol. The summed E-state index contributed by atoms with van der Waals surface area (Å²) in [7, 11) is 0. The van der Waals surface area contributed by atoms with Crippen LogP contribution in [0.1, 0.15) is 17.3 Å². The number of nitrogens with zero attached hydrogens (tertiary/aromatic N) is 1. The average molecular weight is 255 g/mol. The van der Waals surface area contributed by atoms with Gasteiger partial charge in [-0.2, -0.15) is 0 Å². The number of rotatable bonds is 2. The monoisotopic (exact) mass is 255 g/mol. The van der Waals surface area contributed by atoms with Crippen LogP contribution < -0.4 is 10.6 Å². The van der Waals surface area contributed by atoms with Crippen molar-refractivity contribution in [1.82, 2.24) is 5.32 Å². The molecule has 5 heteroatoms. The molecule has 0 radical (unpaired) electrons. The highest BCUT2D eigenvalue weighted by Crippen LogP contribution is 2.30. The lowest BCUT2D eigenvalue weighted by atomic mass is 10.1. The largest absolute Gasteiger partial charge is 0.366 e. The van der Waals surface area contributed by atoms with Crippen LogP contribution in [0.3, 0.4) is 0 Å². The highest BCUT2D eigenvalue weighted by Gasteiger charge is 2.24. The summed E-state index contributed by atoms with van der Waals surface area (Å²) in [5, 5.41) is 17.6. The topological polar surface area (TPSA) is 67.2 Å². The lowest BCUT2D eigenvalue weighted by Gasteiger charge is -2.28. The van der Waals surface area contributed by atoms with E-state index in [0.717, 1.165) is 11.3 Å². The second-order valence-corrected chi connectivity index (χ2v) is 4.43. The van der Waals surface area contributed by atoms with E-state index < -0.39 is 0 Å². The van der Waals surface area contributed by atoms with Crippen molar-refractivity contribution < 1.29 is 4.92 Å². The molecular weight excluding hydrogens is 242 g/mol. The molecule has 0 unspecified atom stereocenters. The van der Waals surface area contributed by atoms with Gasteiger partial charge in [0.1, 0.15) is 6.17 Å². The van der Waals surface area contributed by atoms with E-state index in [2.05, 4.69) is 10.6 Å². The Morgan fingerprint density at radius 3 is 2.68 bits per heavy atom. The van der Waals surface area contributed by atoms with Crippen LogP contribution in [0.25, 0.3) is 0 Å². The van der Waals surface area contributed by atoms with Crippen LogP contribution in [-0.2, 0) is 6.54 Å². The second-order valence-electron chi connectivity index (χ2n) is 4.43. The lowest BCUT2D eigenvalue weighted by molar-refractivity contribution is -0.385. The number of fused-ring (bicyclic) bond motifs is 1. The number of nitrogens with one attached hydrogen (secondary N) is 2. The Labute approximate surface area is 110 Å². The first-order valence-corrected chi connectivity index (χ1v) is 6.07. The van der Waals surface area contributed by atoms with E-state index in [1.165, 1.54) is 6.07 Å². The Bertz CT molecular complexity index is 628. The Morgan fingerprint density at radius 2 is 1.84 bits per heavy atom. The molecule has 5 nitrogen and oxygen atoms in total. The Kier molecular flexibility index (Phi) is 2.89. The third kappa shape index (κ3) is 2.15. The normalized spacial score (nSPS) is 17.4. The van der Waals surface area contributed by atoms with Gasteiger partial charge in [0.05, 0.1) is 10.5 Å². The molecule has 2 aromatic rings. The van der Waals surface area contributed by atoms with Gasteiger partial charge in [-0.3, -0.25) is 15.4 Å². The molecule has 2 N–H and O–H groups in total. The highest BCUT2D eigenvalue weighted by atomic mass is 16.6. The molecule has 96 valence electrons. The fourth-order valence-electron chi connectivity index (χ4n) is 2.32. The molecule has 0 bridgehead atoms. The first-order chi connectivity index (χ1) is 9.25. The molecule has 2 aromatic carbocycles. The molecule has 0 amide bonds. The van der Waals surface area contributed by atoms with Gasteiger partial charge in [-0.05, 0) is 17.7 Å². The van der Waals surface area contributed by atoms with Crippen LogP contribution in [-0.4, -0.2) is 4.92 Å². The SMILES string of the molecule is O=[N+]([O-])c1ccccc1[C@@H]1NCc2ccccc2N1. The summed E-state index contributed by atoms with van der Waals surface area (Å²) in [4.78, 5) is 10.7. The Hall–Kier alpha value is -2.40. The molecule has 0 aliphatic carbocycles. The highest BCUT2D eigenvalue weighted by molar-refractivity contribution is 5.56. The van der Waals surface area contributed by atoms with E-state index in [1.807, 2.05) is 30.3 Å². The number of nitro benzene ring substituents is 1. The maximum absolute atomic E-state index is 11.1. The maximum atomic E-state index is 11.1. The zero-order chi connectivity index (χ0) is 13.2. The number of nitro groups is 1. The predicted octanol–water partition coefficient (Wildman–Crippen LogP) is 2.81. The van der Waals surface area contributed by atoms with Gasteiger partial charge >= 0.3 is 0 Å². The minimum Gasteiger partial charge on any atom is -0.366 e. The van der Waals surface area contributed by atoms with E-state index in [4.69, 9.17) is 0 Å².